The van der Waals surface area contributed by atoms with Gasteiger partial charge in [0.15, 0.2) is 0 Å². The number of hydrogen-bond donors (Lipinski definition) is 1. The van der Waals surface area contributed by atoms with Gasteiger partial charge < -0.3 is 10.1 Å². The van der Waals surface area contributed by atoms with E-state index in [4.69, 9.17) is 4.74 Å². The van der Waals surface area contributed by atoms with Crippen LogP contribution in [0.15, 0.2) is 0 Å². The molecular formula is C12H25NO. The molecule has 3 unspecified atom stereocenters. The second-order valence-corrected chi connectivity index (χ2v) is 4.45. The van der Waals surface area contributed by atoms with Gasteiger partial charge in [0, 0.05) is 19.3 Å². The van der Waals surface area contributed by atoms with Crippen LogP contribution in [0.4, 0.5) is 0 Å². The average molecular weight is 199 g/mol. The molecule has 1 rings (SSSR count). The normalized spacial score (nSPS) is 26.4. The summed E-state index contributed by atoms with van der Waals surface area (Å²) in [6, 6.07) is 0.682. The van der Waals surface area contributed by atoms with E-state index in [2.05, 4.69) is 26.1 Å². The molecule has 0 bridgehead atoms. The first kappa shape index (κ1) is 12.0. The van der Waals surface area contributed by atoms with E-state index in [0.717, 1.165) is 31.6 Å². The maximum atomic E-state index is 5.45. The molecule has 1 N–H and O–H groups in total. The zero-order valence-electron chi connectivity index (χ0n) is 9.88. The second-order valence-electron chi connectivity index (χ2n) is 4.45. The van der Waals surface area contributed by atoms with Crippen LogP contribution in [0.2, 0.25) is 0 Å². The molecule has 0 radical (unpaired) electrons. The summed E-state index contributed by atoms with van der Waals surface area (Å²) in [7, 11) is 0. The van der Waals surface area contributed by atoms with Crippen LogP contribution < -0.4 is 5.32 Å². The molecule has 1 aliphatic heterocycles. The van der Waals surface area contributed by atoms with E-state index in [1.54, 1.807) is 0 Å². The molecule has 0 aromatic carbocycles. The number of hydrogen-bond acceptors (Lipinski definition) is 2. The third-order valence-electron chi connectivity index (χ3n) is 3.44. The van der Waals surface area contributed by atoms with Crippen LogP contribution in [0.3, 0.4) is 0 Å². The van der Waals surface area contributed by atoms with Crippen LogP contribution >= 0.6 is 0 Å². The maximum Gasteiger partial charge on any atom is 0.0498 e. The molecule has 1 aliphatic rings. The summed E-state index contributed by atoms with van der Waals surface area (Å²) < 4.78 is 5.45. The molecule has 0 spiro atoms. The highest BCUT2D eigenvalue weighted by Crippen LogP contribution is 2.25. The fourth-order valence-corrected chi connectivity index (χ4v) is 2.33. The van der Waals surface area contributed by atoms with Gasteiger partial charge in [-0.2, -0.15) is 0 Å². The van der Waals surface area contributed by atoms with Crippen LogP contribution in [0.5, 0.6) is 0 Å². The lowest BCUT2D eigenvalue weighted by Gasteiger charge is -2.28. The van der Waals surface area contributed by atoms with Gasteiger partial charge in [0.2, 0.25) is 0 Å². The van der Waals surface area contributed by atoms with Crippen molar-refractivity contribution in [3.8, 4) is 0 Å². The van der Waals surface area contributed by atoms with Crippen molar-refractivity contribution in [3.05, 3.63) is 0 Å². The summed E-state index contributed by atoms with van der Waals surface area (Å²) in [6.07, 6.45) is 3.72. The zero-order chi connectivity index (χ0) is 10.4. The van der Waals surface area contributed by atoms with Crippen molar-refractivity contribution in [3.63, 3.8) is 0 Å². The molecule has 2 heteroatoms. The van der Waals surface area contributed by atoms with E-state index >= 15 is 0 Å². The average Bonchev–Trinajstić information content (AvgIpc) is 2.71. The predicted molar refractivity (Wildman–Crippen MR) is 60.5 cm³/mol. The lowest BCUT2D eigenvalue weighted by molar-refractivity contribution is 0.164. The Morgan fingerprint density at radius 1 is 1.43 bits per heavy atom. The molecule has 14 heavy (non-hydrogen) atoms. The predicted octanol–water partition coefficient (Wildman–Crippen LogP) is 2.44. The Balaban J connectivity index is 2.33. The van der Waals surface area contributed by atoms with Gasteiger partial charge in [-0.3, -0.25) is 0 Å². The molecule has 0 aromatic heterocycles. The van der Waals surface area contributed by atoms with Crippen molar-refractivity contribution in [1.82, 2.24) is 5.32 Å². The quantitative estimate of drug-likeness (QED) is 0.709. The Bertz CT molecular complexity index is 143. The molecule has 1 heterocycles. The first-order valence-electron chi connectivity index (χ1n) is 6.10. The molecule has 0 amide bonds. The van der Waals surface area contributed by atoms with Gasteiger partial charge in [0.1, 0.15) is 0 Å². The van der Waals surface area contributed by atoms with Crippen molar-refractivity contribution < 1.29 is 4.74 Å². The Morgan fingerprint density at radius 2 is 2.21 bits per heavy atom. The molecule has 0 aliphatic carbocycles. The summed E-state index contributed by atoms with van der Waals surface area (Å²) in [5, 5.41) is 3.64. The molecular weight excluding hydrogens is 174 g/mol. The van der Waals surface area contributed by atoms with E-state index in [-0.39, 0.29) is 0 Å². The smallest absolute Gasteiger partial charge is 0.0498 e. The van der Waals surface area contributed by atoms with Crippen LogP contribution in [0.1, 0.15) is 40.0 Å². The van der Waals surface area contributed by atoms with Gasteiger partial charge >= 0.3 is 0 Å². The SMILES string of the molecule is CCCNC(CC)C(C)C1CCOC1. The highest BCUT2D eigenvalue weighted by molar-refractivity contribution is 4.80. The molecule has 2 nitrogen and oxygen atoms in total. The number of ether oxygens (including phenoxy) is 1. The molecule has 1 fully saturated rings. The Labute approximate surface area is 88.4 Å². The van der Waals surface area contributed by atoms with Crippen LogP contribution in [0, 0.1) is 11.8 Å². The van der Waals surface area contributed by atoms with Crippen molar-refractivity contribution in [2.45, 2.75) is 46.1 Å². The Kier molecular flexibility index (Phi) is 5.49. The molecule has 1 saturated heterocycles. The minimum Gasteiger partial charge on any atom is -0.381 e. The van der Waals surface area contributed by atoms with Crippen molar-refractivity contribution >= 4 is 0 Å². The van der Waals surface area contributed by atoms with E-state index in [9.17, 15) is 0 Å². The largest absolute Gasteiger partial charge is 0.381 e. The van der Waals surface area contributed by atoms with Gasteiger partial charge in [0.05, 0.1) is 0 Å². The summed E-state index contributed by atoms with van der Waals surface area (Å²) in [5.41, 5.74) is 0. The zero-order valence-corrected chi connectivity index (χ0v) is 9.88. The summed E-state index contributed by atoms with van der Waals surface area (Å²) in [4.78, 5) is 0. The second kappa shape index (κ2) is 6.41. The van der Waals surface area contributed by atoms with Crippen molar-refractivity contribution in [2.24, 2.45) is 11.8 Å². The van der Waals surface area contributed by atoms with Crippen LogP contribution in [0.25, 0.3) is 0 Å². The highest BCUT2D eigenvalue weighted by atomic mass is 16.5. The number of rotatable bonds is 6. The first-order valence-corrected chi connectivity index (χ1v) is 6.10. The van der Waals surface area contributed by atoms with Crippen molar-refractivity contribution in [2.75, 3.05) is 19.8 Å². The van der Waals surface area contributed by atoms with Crippen molar-refractivity contribution in [1.29, 1.82) is 0 Å². The monoisotopic (exact) mass is 199 g/mol. The molecule has 0 saturated carbocycles. The number of nitrogens with one attached hydrogen (secondary N) is 1. The first-order chi connectivity index (χ1) is 6.79. The minimum atomic E-state index is 0.682. The lowest BCUT2D eigenvalue weighted by atomic mass is 9.86. The van der Waals surface area contributed by atoms with E-state index in [1.165, 1.54) is 19.3 Å². The van der Waals surface area contributed by atoms with Crippen LogP contribution in [-0.4, -0.2) is 25.8 Å². The van der Waals surface area contributed by atoms with Gasteiger partial charge in [-0.05, 0) is 37.6 Å². The van der Waals surface area contributed by atoms with Gasteiger partial charge in [-0.15, -0.1) is 0 Å². The third-order valence-corrected chi connectivity index (χ3v) is 3.44. The van der Waals surface area contributed by atoms with Gasteiger partial charge in [-0.25, -0.2) is 0 Å². The molecule has 84 valence electrons. The van der Waals surface area contributed by atoms with Gasteiger partial charge in [0.25, 0.3) is 0 Å². The van der Waals surface area contributed by atoms with E-state index in [0.29, 0.717) is 6.04 Å². The topological polar surface area (TPSA) is 21.3 Å². The van der Waals surface area contributed by atoms with Crippen LogP contribution in [-0.2, 0) is 4.74 Å². The third kappa shape index (κ3) is 3.25. The summed E-state index contributed by atoms with van der Waals surface area (Å²) >= 11 is 0. The van der Waals surface area contributed by atoms with E-state index in [1.807, 2.05) is 0 Å². The fourth-order valence-electron chi connectivity index (χ4n) is 2.33. The lowest BCUT2D eigenvalue weighted by Crippen LogP contribution is -2.38. The maximum absolute atomic E-state index is 5.45. The highest BCUT2D eigenvalue weighted by Gasteiger charge is 2.27. The molecule has 3 atom stereocenters. The Hall–Kier alpha value is -0.0800. The Morgan fingerprint density at radius 3 is 2.71 bits per heavy atom. The minimum absolute atomic E-state index is 0.682. The van der Waals surface area contributed by atoms with E-state index < -0.39 is 0 Å². The summed E-state index contributed by atoms with van der Waals surface area (Å²) in [6.45, 7) is 9.97. The standard InChI is InChI=1S/C12H25NO/c1-4-7-13-12(5-2)10(3)11-6-8-14-9-11/h10-13H,4-9H2,1-3H3. The summed E-state index contributed by atoms with van der Waals surface area (Å²) in [5.74, 6) is 1.54. The fraction of sp³-hybridized carbons (Fsp3) is 1.00. The molecule has 0 aromatic rings. The van der Waals surface area contributed by atoms with Gasteiger partial charge in [-0.1, -0.05) is 20.8 Å².